The largest absolute Gasteiger partial charge is 0.504 e. The van der Waals surface area contributed by atoms with Crippen molar-refractivity contribution in [2.24, 2.45) is 0 Å². The third-order valence-corrected chi connectivity index (χ3v) is 1.70. The zero-order valence-corrected chi connectivity index (χ0v) is 7.58. The molecule has 0 aliphatic rings. The minimum absolute atomic E-state index is 0.289. The van der Waals surface area contributed by atoms with E-state index in [4.69, 9.17) is 10.2 Å². The number of hydrogen-bond donors (Lipinski definition) is 2. The molecule has 6 heteroatoms. The summed E-state index contributed by atoms with van der Waals surface area (Å²) in [6.45, 7) is 0. The first-order valence-corrected chi connectivity index (χ1v) is 5.12. The summed E-state index contributed by atoms with van der Waals surface area (Å²) < 4.78 is 25.7. The van der Waals surface area contributed by atoms with Crippen LogP contribution in [0.3, 0.4) is 0 Å². The molecule has 0 spiro atoms. The van der Waals surface area contributed by atoms with E-state index >= 15 is 0 Å². The molecule has 0 unspecified atom stereocenters. The molecule has 2 N–H and O–H groups in total. The van der Waals surface area contributed by atoms with Gasteiger partial charge in [0.2, 0.25) is 5.75 Å². The zero-order chi connectivity index (χ0) is 10.1. The van der Waals surface area contributed by atoms with Crippen molar-refractivity contribution in [3.8, 4) is 17.2 Å². The Kier molecular flexibility index (Phi) is 2.33. The smallest absolute Gasteiger partial charge is 0.306 e. The molecule has 0 amide bonds. The Balaban J connectivity index is 3.10. The minimum atomic E-state index is -3.69. The molecule has 0 aromatic heterocycles. The minimum Gasteiger partial charge on any atom is -0.504 e. The van der Waals surface area contributed by atoms with Gasteiger partial charge in [-0.05, 0) is 12.1 Å². The summed E-state index contributed by atoms with van der Waals surface area (Å²) in [6.07, 6.45) is 0.844. The van der Waals surface area contributed by atoms with Crippen molar-refractivity contribution in [1.82, 2.24) is 0 Å². The van der Waals surface area contributed by atoms with Crippen LogP contribution in [0.25, 0.3) is 0 Å². The Morgan fingerprint density at radius 3 is 2.46 bits per heavy atom. The topological polar surface area (TPSA) is 83.8 Å². The van der Waals surface area contributed by atoms with E-state index in [1.807, 2.05) is 0 Å². The molecule has 1 aromatic rings. The molecule has 0 bridgehead atoms. The van der Waals surface area contributed by atoms with Gasteiger partial charge in [0.1, 0.15) is 0 Å². The van der Waals surface area contributed by atoms with E-state index in [0.29, 0.717) is 0 Å². The standard InChI is InChI=1S/C7H8O5S/c1-13(10,11)12-6-4-2-3-5(8)7(6)9/h2-4,8-9H,1H3. The zero-order valence-electron chi connectivity index (χ0n) is 6.76. The first kappa shape index (κ1) is 9.66. The summed E-state index contributed by atoms with van der Waals surface area (Å²) >= 11 is 0. The van der Waals surface area contributed by atoms with Crippen LogP contribution in [0.2, 0.25) is 0 Å². The van der Waals surface area contributed by atoms with Gasteiger partial charge in [-0.3, -0.25) is 0 Å². The Morgan fingerprint density at radius 1 is 1.31 bits per heavy atom. The first-order chi connectivity index (χ1) is 5.90. The number of rotatable bonds is 2. The van der Waals surface area contributed by atoms with Gasteiger partial charge in [0.05, 0.1) is 6.26 Å². The average Bonchev–Trinajstić information content (AvgIpc) is 1.96. The number of phenols is 2. The van der Waals surface area contributed by atoms with Crippen molar-refractivity contribution >= 4 is 10.1 Å². The van der Waals surface area contributed by atoms with Crippen LogP contribution in [0.15, 0.2) is 18.2 Å². The van der Waals surface area contributed by atoms with Gasteiger partial charge in [-0.1, -0.05) is 6.07 Å². The van der Waals surface area contributed by atoms with Gasteiger partial charge in [-0.25, -0.2) is 0 Å². The van der Waals surface area contributed by atoms with Crippen molar-refractivity contribution in [2.45, 2.75) is 0 Å². The summed E-state index contributed by atoms with van der Waals surface area (Å²) in [5, 5.41) is 18.1. The highest BCUT2D eigenvalue weighted by atomic mass is 32.2. The van der Waals surface area contributed by atoms with Crippen molar-refractivity contribution in [1.29, 1.82) is 0 Å². The predicted octanol–water partition coefficient (Wildman–Crippen LogP) is 0.436. The van der Waals surface area contributed by atoms with Crippen LogP contribution >= 0.6 is 0 Å². The van der Waals surface area contributed by atoms with Crippen LogP contribution in [0, 0.1) is 0 Å². The van der Waals surface area contributed by atoms with E-state index in [0.717, 1.165) is 6.26 Å². The maximum atomic E-state index is 10.6. The molecule has 0 saturated carbocycles. The summed E-state index contributed by atoms with van der Waals surface area (Å²) in [5.74, 6) is -1.31. The second-order valence-electron chi connectivity index (χ2n) is 2.41. The van der Waals surface area contributed by atoms with Crippen LogP contribution < -0.4 is 4.18 Å². The van der Waals surface area contributed by atoms with Gasteiger partial charge in [0, 0.05) is 0 Å². The second-order valence-corrected chi connectivity index (χ2v) is 3.99. The SMILES string of the molecule is CS(=O)(=O)Oc1cccc(O)c1O. The molecule has 13 heavy (non-hydrogen) atoms. The van der Waals surface area contributed by atoms with Gasteiger partial charge in [-0.2, -0.15) is 8.42 Å². The molecular formula is C7H8O5S. The van der Waals surface area contributed by atoms with Gasteiger partial charge in [0.15, 0.2) is 11.5 Å². The Labute approximate surface area is 75.3 Å². The van der Waals surface area contributed by atoms with Crippen LogP contribution in [0.5, 0.6) is 17.2 Å². The molecule has 0 aliphatic heterocycles. The van der Waals surface area contributed by atoms with Crippen molar-refractivity contribution in [3.63, 3.8) is 0 Å². The van der Waals surface area contributed by atoms with Gasteiger partial charge >= 0.3 is 10.1 Å². The van der Waals surface area contributed by atoms with Crippen molar-refractivity contribution < 1.29 is 22.8 Å². The van der Waals surface area contributed by atoms with Crippen LogP contribution in [0.1, 0.15) is 0 Å². The number of phenolic OH excluding ortho intramolecular Hbond substituents is 2. The summed E-state index contributed by atoms with van der Waals surface area (Å²) in [6, 6.07) is 3.80. The Hall–Kier alpha value is -1.43. The second kappa shape index (κ2) is 3.14. The lowest BCUT2D eigenvalue weighted by Crippen LogP contribution is -2.05. The summed E-state index contributed by atoms with van der Waals surface area (Å²) in [7, 11) is -3.69. The fourth-order valence-electron chi connectivity index (χ4n) is 0.741. The highest BCUT2D eigenvalue weighted by molar-refractivity contribution is 7.86. The molecular weight excluding hydrogens is 196 g/mol. The number of aromatic hydroxyl groups is 2. The molecule has 0 heterocycles. The van der Waals surface area contributed by atoms with E-state index in [-0.39, 0.29) is 5.75 Å². The van der Waals surface area contributed by atoms with Gasteiger partial charge in [-0.15, -0.1) is 0 Å². The van der Waals surface area contributed by atoms with E-state index < -0.39 is 21.6 Å². The maximum absolute atomic E-state index is 10.6. The van der Waals surface area contributed by atoms with Gasteiger partial charge < -0.3 is 14.4 Å². The molecule has 0 saturated heterocycles. The molecule has 1 rings (SSSR count). The lowest BCUT2D eigenvalue weighted by Gasteiger charge is -2.05. The van der Waals surface area contributed by atoms with E-state index in [9.17, 15) is 8.42 Å². The predicted molar refractivity (Wildman–Crippen MR) is 45.2 cm³/mol. The summed E-state index contributed by atoms with van der Waals surface area (Å²) in [5.41, 5.74) is 0. The molecule has 0 aliphatic carbocycles. The fraction of sp³-hybridized carbons (Fsp3) is 0.143. The number of hydrogen-bond acceptors (Lipinski definition) is 5. The first-order valence-electron chi connectivity index (χ1n) is 3.30. The van der Waals surface area contributed by atoms with Crippen LogP contribution in [-0.2, 0) is 10.1 Å². The quantitative estimate of drug-likeness (QED) is 0.539. The van der Waals surface area contributed by atoms with Gasteiger partial charge in [0.25, 0.3) is 0 Å². The van der Waals surface area contributed by atoms with E-state index in [1.54, 1.807) is 0 Å². The molecule has 72 valence electrons. The Bertz CT molecular complexity index is 409. The lowest BCUT2D eigenvalue weighted by molar-refractivity contribution is 0.384. The lowest BCUT2D eigenvalue weighted by atomic mass is 10.3. The molecule has 0 fully saturated rings. The monoisotopic (exact) mass is 204 g/mol. The number of benzene rings is 1. The third kappa shape index (κ3) is 2.51. The Morgan fingerprint density at radius 2 is 1.92 bits per heavy atom. The van der Waals surface area contributed by atoms with Crippen molar-refractivity contribution in [2.75, 3.05) is 6.26 Å². The van der Waals surface area contributed by atoms with E-state index in [1.165, 1.54) is 18.2 Å². The summed E-state index contributed by atoms with van der Waals surface area (Å²) in [4.78, 5) is 0. The average molecular weight is 204 g/mol. The molecule has 1 aromatic carbocycles. The van der Waals surface area contributed by atoms with E-state index in [2.05, 4.69) is 4.18 Å². The number of para-hydroxylation sites is 1. The molecule has 0 atom stereocenters. The highest BCUT2D eigenvalue weighted by Crippen LogP contribution is 2.34. The van der Waals surface area contributed by atoms with Crippen LogP contribution in [0.4, 0.5) is 0 Å². The molecule has 0 radical (unpaired) electrons. The van der Waals surface area contributed by atoms with Crippen molar-refractivity contribution in [3.05, 3.63) is 18.2 Å². The fourth-order valence-corrected chi connectivity index (χ4v) is 1.20. The third-order valence-electron chi connectivity index (χ3n) is 1.22. The maximum Gasteiger partial charge on any atom is 0.306 e. The highest BCUT2D eigenvalue weighted by Gasteiger charge is 2.11. The normalized spacial score (nSPS) is 11.2. The molecule has 5 nitrogen and oxygen atoms in total. The van der Waals surface area contributed by atoms with Crippen LogP contribution in [-0.4, -0.2) is 24.9 Å².